The van der Waals surface area contributed by atoms with Crippen molar-refractivity contribution >= 4 is 16.7 Å². The number of nitrogens with two attached hydrogens (primary N) is 1. The van der Waals surface area contributed by atoms with Gasteiger partial charge in [-0.25, -0.2) is 9.97 Å². The highest BCUT2D eigenvalue weighted by molar-refractivity contribution is 5.88. The van der Waals surface area contributed by atoms with Crippen molar-refractivity contribution in [1.29, 1.82) is 0 Å². The molecule has 3 nitrogen and oxygen atoms in total. The van der Waals surface area contributed by atoms with Crippen LogP contribution >= 0.6 is 0 Å². The minimum atomic E-state index is 0.127. The largest absolute Gasteiger partial charge is 0.383 e. The van der Waals surface area contributed by atoms with Gasteiger partial charge in [-0.2, -0.15) is 0 Å². The molecular formula is C13H17N3. The fraction of sp³-hybridized carbons (Fsp3) is 0.385. The maximum Gasteiger partial charge on any atom is 0.135 e. The Morgan fingerprint density at radius 1 is 1.12 bits per heavy atom. The summed E-state index contributed by atoms with van der Waals surface area (Å²) in [7, 11) is 0. The maximum atomic E-state index is 5.87. The molecule has 0 unspecified atom stereocenters. The molecule has 0 fully saturated rings. The first-order valence-electron chi connectivity index (χ1n) is 5.42. The van der Waals surface area contributed by atoms with E-state index in [0.29, 0.717) is 5.82 Å². The van der Waals surface area contributed by atoms with Crippen molar-refractivity contribution in [1.82, 2.24) is 9.97 Å². The third kappa shape index (κ3) is 1.85. The van der Waals surface area contributed by atoms with Gasteiger partial charge in [0.1, 0.15) is 11.6 Å². The van der Waals surface area contributed by atoms with Gasteiger partial charge in [-0.05, 0) is 30.0 Å². The van der Waals surface area contributed by atoms with Gasteiger partial charge in [-0.3, -0.25) is 0 Å². The lowest BCUT2D eigenvalue weighted by Gasteiger charge is -2.19. The molecule has 3 heteroatoms. The SMILES string of the molecule is Cc1nc(N)c2ccc(C(C)(C)C)cc2n1. The van der Waals surface area contributed by atoms with Crippen molar-refractivity contribution in [3.05, 3.63) is 29.6 Å². The number of hydrogen-bond acceptors (Lipinski definition) is 3. The molecule has 0 aliphatic heterocycles. The lowest BCUT2D eigenvalue weighted by atomic mass is 9.86. The molecule has 0 spiro atoms. The molecule has 0 atom stereocenters. The smallest absolute Gasteiger partial charge is 0.135 e. The predicted octanol–water partition coefficient (Wildman–Crippen LogP) is 2.82. The van der Waals surface area contributed by atoms with E-state index in [9.17, 15) is 0 Å². The number of hydrogen-bond donors (Lipinski definition) is 1. The molecule has 0 saturated carbocycles. The van der Waals surface area contributed by atoms with Gasteiger partial charge in [-0.1, -0.05) is 26.8 Å². The van der Waals surface area contributed by atoms with Crippen LogP contribution in [-0.2, 0) is 5.41 Å². The van der Waals surface area contributed by atoms with Crippen molar-refractivity contribution in [2.24, 2.45) is 0 Å². The highest BCUT2D eigenvalue weighted by Gasteiger charge is 2.14. The Hall–Kier alpha value is -1.64. The van der Waals surface area contributed by atoms with E-state index in [1.54, 1.807) is 0 Å². The molecule has 2 rings (SSSR count). The molecular weight excluding hydrogens is 198 g/mol. The standard InChI is InChI=1S/C13H17N3/c1-8-15-11-7-9(13(2,3)4)5-6-10(11)12(14)16-8/h5-7H,1-4H3,(H2,14,15,16). The lowest BCUT2D eigenvalue weighted by molar-refractivity contribution is 0.591. The van der Waals surface area contributed by atoms with Crippen molar-refractivity contribution in [2.45, 2.75) is 33.1 Å². The van der Waals surface area contributed by atoms with E-state index in [-0.39, 0.29) is 5.41 Å². The van der Waals surface area contributed by atoms with Crippen LogP contribution in [0.1, 0.15) is 32.2 Å². The Labute approximate surface area is 95.7 Å². The summed E-state index contributed by atoms with van der Waals surface area (Å²) in [4.78, 5) is 8.58. The molecule has 84 valence electrons. The lowest BCUT2D eigenvalue weighted by Crippen LogP contribution is -2.11. The highest BCUT2D eigenvalue weighted by atomic mass is 14.9. The van der Waals surface area contributed by atoms with Gasteiger partial charge in [0.25, 0.3) is 0 Å². The topological polar surface area (TPSA) is 51.8 Å². The number of benzene rings is 1. The zero-order valence-corrected chi connectivity index (χ0v) is 10.2. The number of rotatable bonds is 0. The summed E-state index contributed by atoms with van der Waals surface area (Å²) in [5.74, 6) is 1.28. The van der Waals surface area contributed by atoms with Crippen molar-refractivity contribution in [3.63, 3.8) is 0 Å². The van der Waals surface area contributed by atoms with E-state index in [2.05, 4.69) is 42.9 Å². The minimum absolute atomic E-state index is 0.127. The Balaban J connectivity index is 2.71. The van der Waals surface area contributed by atoms with E-state index in [1.807, 2.05) is 13.0 Å². The van der Waals surface area contributed by atoms with Crippen LogP contribution in [0.4, 0.5) is 5.82 Å². The third-order valence-electron chi connectivity index (χ3n) is 2.70. The number of aryl methyl sites for hydroxylation is 1. The van der Waals surface area contributed by atoms with Gasteiger partial charge in [0, 0.05) is 5.39 Å². The number of aromatic nitrogens is 2. The van der Waals surface area contributed by atoms with Crippen LogP contribution in [0.5, 0.6) is 0 Å². The van der Waals surface area contributed by atoms with Crippen LogP contribution in [0.3, 0.4) is 0 Å². The number of nitrogens with zero attached hydrogens (tertiary/aromatic N) is 2. The van der Waals surface area contributed by atoms with E-state index in [0.717, 1.165) is 16.7 Å². The van der Waals surface area contributed by atoms with E-state index in [4.69, 9.17) is 5.73 Å². The Kier molecular flexibility index (Phi) is 2.34. The summed E-state index contributed by atoms with van der Waals surface area (Å²) in [5.41, 5.74) is 8.18. The Bertz CT molecular complexity index is 539. The summed E-state index contributed by atoms with van der Waals surface area (Å²) in [6, 6.07) is 6.20. The van der Waals surface area contributed by atoms with Crippen LogP contribution in [-0.4, -0.2) is 9.97 Å². The fourth-order valence-corrected chi connectivity index (χ4v) is 1.74. The molecule has 1 aromatic heterocycles. The summed E-state index contributed by atoms with van der Waals surface area (Å²) in [6.07, 6.45) is 0. The van der Waals surface area contributed by atoms with Crippen LogP contribution in [0.15, 0.2) is 18.2 Å². The first kappa shape index (κ1) is 10.9. The molecule has 2 aromatic rings. The Morgan fingerprint density at radius 2 is 1.81 bits per heavy atom. The van der Waals surface area contributed by atoms with Crippen molar-refractivity contribution in [2.75, 3.05) is 5.73 Å². The van der Waals surface area contributed by atoms with E-state index < -0.39 is 0 Å². The van der Waals surface area contributed by atoms with Crippen molar-refractivity contribution in [3.8, 4) is 0 Å². The van der Waals surface area contributed by atoms with Gasteiger partial charge < -0.3 is 5.73 Å². The summed E-state index contributed by atoms with van der Waals surface area (Å²) in [6.45, 7) is 8.42. The summed E-state index contributed by atoms with van der Waals surface area (Å²) < 4.78 is 0. The second-order valence-corrected chi connectivity index (χ2v) is 5.14. The molecule has 1 aromatic carbocycles. The number of nitrogen functional groups attached to an aromatic ring is 1. The normalized spacial score (nSPS) is 12.0. The predicted molar refractivity (Wildman–Crippen MR) is 67.4 cm³/mol. The van der Waals surface area contributed by atoms with Gasteiger partial charge in [0.2, 0.25) is 0 Å². The van der Waals surface area contributed by atoms with Gasteiger partial charge in [0.05, 0.1) is 5.52 Å². The van der Waals surface area contributed by atoms with Crippen LogP contribution in [0, 0.1) is 6.92 Å². The second kappa shape index (κ2) is 3.44. The van der Waals surface area contributed by atoms with E-state index in [1.165, 1.54) is 5.56 Å². The zero-order chi connectivity index (χ0) is 11.9. The first-order chi connectivity index (χ1) is 7.38. The van der Waals surface area contributed by atoms with Crippen LogP contribution in [0.25, 0.3) is 10.9 Å². The Morgan fingerprint density at radius 3 is 2.44 bits per heavy atom. The summed E-state index contributed by atoms with van der Waals surface area (Å²) in [5, 5.41) is 0.929. The zero-order valence-electron chi connectivity index (χ0n) is 10.2. The minimum Gasteiger partial charge on any atom is -0.383 e. The van der Waals surface area contributed by atoms with Crippen molar-refractivity contribution < 1.29 is 0 Å². The monoisotopic (exact) mass is 215 g/mol. The average Bonchev–Trinajstić information content (AvgIpc) is 2.15. The van der Waals surface area contributed by atoms with Crippen LogP contribution < -0.4 is 5.73 Å². The molecule has 0 aliphatic carbocycles. The quantitative estimate of drug-likeness (QED) is 0.735. The second-order valence-electron chi connectivity index (χ2n) is 5.14. The van der Waals surface area contributed by atoms with Gasteiger partial charge in [-0.15, -0.1) is 0 Å². The molecule has 0 bridgehead atoms. The first-order valence-corrected chi connectivity index (χ1v) is 5.42. The molecule has 2 N–H and O–H groups in total. The third-order valence-corrected chi connectivity index (χ3v) is 2.70. The summed E-state index contributed by atoms with van der Waals surface area (Å²) >= 11 is 0. The van der Waals surface area contributed by atoms with Gasteiger partial charge >= 0.3 is 0 Å². The molecule has 16 heavy (non-hydrogen) atoms. The fourth-order valence-electron chi connectivity index (χ4n) is 1.74. The number of anilines is 1. The molecule has 0 radical (unpaired) electrons. The molecule has 1 heterocycles. The highest BCUT2D eigenvalue weighted by Crippen LogP contribution is 2.26. The van der Waals surface area contributed by atoms with Crippen LogP contribution in [0.2, 0.25) is 0 Å². The molecule has 0 aliphatic rings. The molecule has 0 saturated heterocycles. The maximum absolute atomic E-state index is 5.87. The number of fused-ring (bicyclic) bond motifs is 1. The van der Waals surface area contributed by atoms with E-state index >= 15 is 0 Å². The molecule has 0 amide bonds. The van der Waals surface area contributed by atoms with Gasteiger partial charge in [0.15, 0.2) is 0 Å². The average molecular weight is 215 g/mol.